The summed E-state index contributed by atoms with van der Waals surface area (Å²) in [5.41, 5.74) is 2.40. The molecule has 90 valence electrons. The smallest absolute Gasteiger partial charge is 0.0622 e. The van der Waals surface area contributed by atoms with Crippen LogP contribution in [0.1, 0.15) is 43.0 Å². The third-order valence-corrected chi connectivity index (χ3v) is 3.42. The molecular weight excluding hydrogens is 210 g/mol. The standard InChI is InChI=1S/C14H19N3/c1-12-6-7-13(11-16-12)14-5-4-10-17(14)9-3-2-8-15/h6-7,11,14H,2-5,9-10H2,1H3. The van der Waals surface area contributed by atoms with Gasteiger partial charge in [0.2, 0.25) is 0 Å². The molecule has 3 nitrogen and oxygen atoms in total. The normalized spacial score (nSPS) is 20.4. The highest BCUT2D eigenvalue weighted by atomic mass is 15.2. The van der Waals surface area contributed by atoms with Gasteiger partial charge in [0.05, 0.1) is 6.07 Å². The summed E-state index contributed by atoms with van der Waals surface area (Å²) >= 11 is 0. The van der Waals surface area contributed by atoms with Crippen molar-refractivity contribution in [3.63, 3.8) is 0 Å². The van der Waals surface area contributed by atoms with E-state index in [1.165, 1.54) is 18.4 Å². The van der Waals surface area contributed by atoms with Crippen molar-refractivity contribution in [1.82, 2.24) is 9.88 Å². The lowest BCUT2D eigenvalue weighted by atomic mass is 10.1. The van der Waals surface area contributed by atoms with Gasteiger partial charge in [0, 0.05) is 24.4 Å². The molecule has 1 fully saturated rings. The van der Waals surface area contributed by atoms with Crippen LogP contribution in [0.25, 0.3) is 0 Å². The first-order chi connectivity index (χ1) is 8.31. The largest absolute Gasteiger partial charge is 0.296 e. The van der Waals surface area contributed by atoms with Crippen LogP contribution in [0.2, 0.25) is 0 Å². The minimum Gasteiger partial charge on any atom is -0.296 e. The zero-order valence-electron chi connectivity index (χ0n) is 10.4. The summed E-state index contributed by atoms with van der Waals surface area (Å²) in [6, 6.07) is 7.00. The second-order valence-electron chi connectivity index (χ2n) is 4.69. The fourth-order valence-corrected chi connectivity index (χ4v) is 2.51. The van der Waals surface area contributed by atoms with Crippen LogP contribution in [0.4, 0.5) is 0 Å². The van der Waals surface area contributed by atoms with Gasteiger partial charge in [-0.3, -0.25) is 9.88 Å². The van der Waals surface area contributed by atoms with Crippen molar-refractivity contribution in [1.29, 1.82) is 5.26 Å². The third kappa shape index (κ3) is 3.04. The van der Waals surface area contributed by atoms with Gasteiger partial charge in [0.1, 0.15) is 0 Å². The van der Waals surface area contributed by atoms with Crippen molar-refractivity contribution in [3.05, 3.63) is 29.6 Å². The molecule has 3 heteroatoms. The molecule has 2 rings (SSSR count). The lowest BCUT2D eigenvalue weighted by Crippen LogP contribution is -2.24. The van der Waals surface area contributed by atoms with Crippen LogP contribution >= 0.6 is 0 Å². The molecule has 1 atom stereocenters. The predicted octanol–water partition coefficient (Wildman–Crippen LogP) is 2.83. The van der Waals surface area contributed by atoms with E-state index in [9.17, 15) is 0 Å². The number of nitriles is 1. The first kappa shape index (κ1) is 12.1. The number of rotatable bonds is 4. The maximum absolute atomic E-state index is 8.58. The highest BCUT2D eigenvalue weighted by Gasteiger charge is 2.25. The quantitative estimate of drug-likeness (QED) is 0.745. The molecule has 1 unspecified atom stereocenters. The number of unbranched alkanes of at least 4 members (excludes halogenated alkanes) is 1. The van der Waals surface area contributed by atoms with Crippen molar-refractivity contribution < 1.29 is 0 Å². The molecule has 0 spiro atoms. The number of likely N-dealkylation sites (tertiary alicyclic amines) is 1. The summed E-state index contributed by atoms with van der Waals surface area (Å²) in [6.45, 7) is 4.21. The molecule has 1 aliphatic rings. The van der Waals surface area contributed by atoms with Gasteiger partial charge in [0.25, 0.3) is 0 Å². The van der Waals surface area contributed by atoms with Crippen LogP contribution in [0.3, 0.4) is 0 Å². The Kier molecular flexibility index (Phi) is 4.11. The van der Waals surface area contributed by atoms with E-state index in [1.54, 1.807) is 0 Å². The first-order valence-corrected chi connectivity index (χ1v) is 6.35. The lowest BCUT2D eigenvalue weighted by Gasteiger charge is -2.24. The summed E-state index contributed by atoms with van der Waals surface area (Å²) in [5, 5.41) is 8.58. The fraction of sp³-hybridized carbons (Fsp3) is 0.571. The molecule has 1 aliphatic heterocycles. The number of nitrogens with zero attached hydrogens (tertiary/aromatic N) is 3. The highest BCUT2D eigenvalue weighted by molar-refractivity contribution is 5.18. The SMILES string of the molecule is Cc1ccc(C2CCCN2CCCC#N)cn1. The van der Waals surface area contributed by atoms with E-state index in [0.29, 0.717) is 12.5 Å². The molecule has 0 aromatic carbocycles. The van der Waals surface area contributed by atoms with Gasteiger partial charge >= 0.3 is 0 Å². The molecule has 1 saturated heterocycles. The maximum atomic E-state index is 8.58. The van der Waals surface area contributed by atoms with E-state index in [2.05, 4.69) is 28.1 Å². The number of hydrogen-bond acceptors (Lipinski definition) is 3. The van der Waals surface area contributed by atoms with Gasteiger partial charge in [-0.25, -0.2) is 0 Å². The van der Waals surface area contributed by atoms with Crippen molar-refractivity contribution >= 4 is 0 Å². The average Bonchev–Trinajstić information content (AvgIpc) is 2.79. The molecule has 0 radical (unpaired) electrons. The number of aromatic nitrogens is 1. The summed E-state index contributed by atoms with van der Waals surface area (Å²) in [6.07, 6.45) is 6.12. The van der Waals surface area contributed by atoms with E-state index < -0.39 is 0 Å². The summed E-state index contributed by atoms with van der Waals surface area (Å²) < 4.78 is 0. The molecule has 0 saturated carbocycles. The van der Waals surface area contributed by atoms with Gasteiger partial charge in [0.15, 0.2) is 0 Å². The number of aryl methyl sites for hydroxylation is 1. The second kappa shape index (κ2) is 5.79. The van der Waals surface area contributed by atoms with E-state index in [4.69, 9.17) is 5.26 Å². The average molecular weight is 229 g/mol. The Bertz CT molecular complexity index is 391. The lowest BCUT2D eigenvalue weighted by molar-refractivity contribution is 0.255. The van der Waals surface area contributed by atoms with Crippen LogP contribution in [0.5, 0.6) is 0 Å². The fourth-order valence-electron chi connectivity index (χ4n) is 2.51. The summed E-state index contributed by atoms with van der Waals surface area (Å²) in [7, 11) is 0. The summed E-state index contributed by atoms with van der Waals surface area (Å²) in [5.74, 6) is 0. The monoisotopic (exact) mass is 229 g/mol. The molecule has 1 aromatic rings. The summed E-state index contributed by atoms with van der Waals surface area (Å²) in [4.78, 5) is 6.87. The van der Waals surface area contributed by atoms with Crippen LogP contribution < -0.4 is 0 Å². The van der Waals surface area contributed by atoms with E-state index in [0.717, 1.165) is 25.2 Å². The first-order valence-electron chi connectivity index (χ1n) is 6.35. The zero-order chi connectivity index (χ0) is 12.1. The van der Waals surface area contributed by atoms with Crippen LogP contribution in [0, 0.1) is 18.3 Å². The van der Waals surface area contributed by atoms with Crippen molar-refractivity contribution in [2.75, 3.05) is 13.1 Å². The molecule has 0 bridgehead atoms. The van der Waals surface area contributed by atoms with Gasteiger partial charge in [-0.05, 0) is 50.9 Å². The van der Waals surface area contributed by atoms with Crippen LogP contribution in [0.15, 0.2) is 18.3 Å². The van der Waals surface area contributed by atoms with Gasteiger partial charge < -0.3 is 0 Å². The maximum Gasteiger partial charge on any atom is 0.0622 e. The molecule has 0 amide bonds. The third-order valence-electron chi connectivity index (χ3n) is 3.42. The minimum atomic E-state index is 0.516. The zero-order valence-corrected chi connectivity index (χ0v) is 10.4. The molecular formula is C14H19N3. The van der Waals surface area contributed by atoms with Crippen LogP contribution in [-0.4, -0.2) is 23.0 Å². The van der Waals surface area contributed by atoms with Gasteiger partial charge in [-0.2, -0.15) is 5.26 Å². The van der Waals surface area contributed by atoms with Crippen LogP contribution in [-0.2, 0) is 0 Å². The molecule has 0 aliphatic carbocycles. The Morgan fingerprint density at radius 2 is 2.41 bits per heavy atom. The Morgan fingerprint density at radius 3 is 3.12 bits per heavy atom. The Hall–Kier alpha value is -1.40. The van der Waals surface area contributed by atoms with Crippen molar-refractivity contribution in [3.8, 4) is 6.07 Å². The van der Waals surface area contributed by atoms with Crippen molar-refractivity contribution in [2.24, 2.45) is 0 Å². The predicted molar refractivity (Wildman–Crippen MR) is 67.4 cm³/mol. The number of hydrogen-bond donors (Lipinski definition) is 0. The molecule has 1 aromatic heterocycles. The van der Waals surface area contributed by atoms with Crippen molar-refractivity contribution in [2.45, 2.75) is 38.6 Å². The number of pyridine rings is 1. The molecule has 2 heterocycles. The van der Waals surface area contributed by atoms with E-state index in [-0.39, 0.29) is 0 Å². The highest BCUT2D eigenvalue weighted by Crippen LogP contribution is 2.31. The topological polar surface area (TPSA) is 39.9 Å². The van der Waals surface area contributed by atoms with Gasteiger partial charge in [-0.15, -0.1) is 0 Å². The Morgan fingerprint density at radius 1 is 1.53 bits per heavy atom. The molecule has 17 heavy (non-hydrogen) atoms. The van der Waals surface area contributed by atoms with E-state index >= 15 is 0 Å². The Balaban J connectivity index is 1.99. The van der Waals surface area contributed by atoms with Gasteiger partial charge in [-0.1, -0.05) is 6.07 Å². The second-order valence-corrected chi connectivity index (χ2v) is 4.69. The Labute approximate surface area is 103 Å². The molecule has 0 N–H and O–H groups in total. The van der Waals surface area contributed by atoms with E-state index in [1.807, 2.05) is 13.1 Å². The minimum absolute atomic E-state index is 0.516.